The zero-order chi connectivity index (χ0) is 9.52. The fraction of sp³-hybridized carbons (Fsp3) is 0.333. The summed E-state index contributed by atoms with van der Waals surface area (Å²) >= 11 is 0. The lowest BCUT2D eigenvalue weighted by atomic mass is 10.4. The molecule has 0 unspecified atom stereocenters. The lowest BCUT2D eigenvalue weighted by Gasteiger charge is -1.97. The fourth-order valence-corrected chi connectivity index (χ4v) is 0.763. The maximum Gasteiger partial charge on any atom is 0.248 e. The Morgan fingerprint density at radius 2 is 2.23 bits per heavy atom. The van der Waals surface area contributed by atoms with E-state index in [2.05, 4.69) is 21.8 Å². The molecular weight excluding hydrogens is 168 g/mol. The maximum absolute atomic E-state index is 8.50. The molecule has 0 spiro atoms. The maximum atomic E-state index is 8.50. The molecule has 0 aliphatic heterocycles. The number of aliphatic hydroxyl groups is 1. The minimum Gasteiger partial charge on any atom is -0.479 e. The highest BCUT2D eigenvalue weighted by atomic mass is 16.5. The highest BCUT2D eigenvalue weighted by Crippen LogP contribution is 2.07. The van der Waals surface area contributed by atoms with Gasteiger partial charge in [0.1, 0.15) is 0 Å². The third kappa shape index (κ3) is 2.73. The number of hydrogen-bond donors (Lipinski definition) is 1. The number of ether oxygens (including phenoxy) is 1. The van der Waals surface area contributed by atoms with E-state index in [0.717, 1.165) is 0 Å². The van der Waals surface area contributed by atoms with E-state index in [1.165, 1.54) is 13.3 Å². The standard InChI is InChI=1S/C9H10N2O2/c1-13-9-8(4-2-3-7-12)10-5-6-11-9/h5-6,12H,3,7H2,1H3. The number of rotatable bonds is 2. The minimum atomic E-state index is 0.0512. The Hall–Kier alpha value is -1.60. The molecule has 13 heavy (non-hydrogen) atoms. The molecule has 4 heteroatoms. The van der Waals surface area contributed by atoms with Crippen molar-refractivity contribution in [1.29, 1.82) is 0 Å². The SMILES string of the molecule is COc1nccnc1C#CCCO. The predicted octanol–water partition coefficient (Wildman–Crippen LogP) is 0.219. The van der Waals surface area contributed by atoms with E-state index in [1.807, 2.05) is 0 Å². The number of aliphatic hydroxyl groups excluding tert-OH is 1. The molecule has 4 nitrogen and oxygen atoms in total. The van der Waals surface area contributed by atoms with Gasteiger partial charge in [0.2, 0.25) is 5.88 Å². The lowest BCUT2D eigenvalue weighted by Crippen LogP contribution is -1.93. The van der Waals surface area contributed by atoms with Crippen molar-refractivity contribution in [1.82, 2.24) is 9.97 Å². The van der Waals surface area contributed by atoms with Crippen LogP contribution < -0.4 is 4.74 Å². The van der Waals surface area contributed by atoms with Crippen molar-refractivity contribution in [2.75, 3.05) is 13.7 Å². The van der Waals surface area contributed by atoms with Crippen LogP contribution in [0.2, 0.25) is 0 Å². The number of nitrogens with zero attached hydrogens (tertiary/aromatic N) is 2. The largest absolute Gasteiger partial charge is 0.479 e. The van der Waals surface area contributed by atoms with Crippen molar-refractivity contribution in [2.24, 2.45) is 0 Å². The van der Waals surface area contributed by atoms with Gasteiger partial charge in [-0.2, -0.15) is 0 Å². The lowest BCUT2D eigenvalue weighted by molar-refractivity contribution is 0.305. The molecule has 0 aliphatic rings. The normalized spacial score (nSPS) is 8.77. The molecule has 68 valence electrons. The molecule has 1 rings (SSSR count). The van der Waals surface area contributed by atoms with Crippen LogP contribution in [0.3, 0.4) is 0 Å². The Bertz CT molecular complexity index is 328. The first kappa shape index (κ1) is 9.49. The van der Waals surface area contributed by atoms with E-state index in [1.54, 1.807) is 6.20 Å². The van der Waals surface area contributed by atoms with Gasteiger partial charge in [0.05, 0.1) is 13.7 Å². The van der Waals surface area contributed by atoms with Gasteiger partial charge in [-0.15, -0.1) is 0 Å². The molecular formula is C9H10N2O2. The van der Waals surface area contributed by atoms with Crippen molar-refractivity contribution >= 4 is 0 Å². The molecule has 1 aromatic rings. The Kier molecular flexibility index (Phi) is 3.74. The molecule has 0 fully saturated rings. The highest BCUT2D eigenvalue weighted by Gasteiger charge is 1.99. The van der Waals surface area contributed by atoms with Gasteiger partial charge in [-0.1, -0.05) is 5.92 Å². The van der Waals surface area contributed by atoms with E-state index in [0.29, 0.717) is 18.0 Å². The van der Waals surface area contributed by atoms with Crippen LogP contribution in [0.15, 0.2) is 12.4 Å². The van der Waals surface area contributed by atoms with Gasteiger partial charge in [-0.25, -0.2) is 9.97 Å². The molecule has 0 saturated heterocycles. The van der Waals surface area contributed by atoms with Crippen LogP contribution in [0.1, 0.15) is 12.1 Å². The third-order valence-corrected chi connectivity index (χ3v) is 1.30. The molecule has 0 aromatic carbocycles. The van der Waals surface area contributed by atoms with Crippen LogP contribution in [0.4, 0.5) is 0 Å². The Labute approximate surface area is 76.6 Å². The Morgan fingerprint density at radius 1 is 1.46 bits per heavy atom. The van der Waals surface area contributed by atoms with Crippen LogP contribution in [0.5, 0.6) is 5.88 Å². The molecule has 0 bridgehead atoms. The second-order valence-corrected chi connectivity index (χ2v) is 2.19. The van der Waals surface area contributed by atoms with E-state index in [4.69, 9.17) is 9.84 Å². The van der Waals surface area contributed by atoms with Crippen LogP contribution in [0.25, 0.3) is 0 Å². The summed E-state index contributed by atoms with van der Waals surface area (Å²) < 4.78 is 4.94. The summed E-state index contributed by atoms with van der Waals surface area (Å²) in [5, 5.41) is 8.50. The first-order valence-electron chi connectivity index (χ1n) is 3.83. The second-order valence-electron chi connectivity index (χ2n) is 2.19. The van der Waals surface area contributed by atoms with Gasteiger partial charge in [-0.3, -0.25) is 0 Å². The van der Waals surface area contributed by atoms with Crippen molar-refractivity contribution in [2.45, 2.75) is 6.42 Å². The fourth-order valence-electron chi connectivity index (χ4n) is 0.763. The average molecular weight is 178 g/mol. The van der Waals surface area contributed by atoms with Crippen molar-refractivity contribution in [3.8, 4) is 17.7 Å². The van der Waals surface area contributed by atoms with Crippen molar-refractivity contribution < 1.29 is 9.84 Å². The number of aromatic nitrogens is 2. The summed E-state index contributed by atoms with van der Waals surface area (Å²) in [6, 6.07) is 0. The van der Waals surface area contributed by atoms with E-state index in [9.17, 15) is 0 Å². The van der Waals surface area contributed by atoms with Gasteiger partial charge in [0.15, 0.2) is 5.69 Å². The number of methoxy groups -OCH3 is 1. The van der Waals surface area contributed by atoms with Crippen molar-refractivity contribution in [3.05, 3.63) is 18.1 Å². The molecule has 0 saturated carbocycles. The second kappa shape index (κ2) is 5.12. The first-order valence-corrected chi connectivity index (χ1v) is 3.83. The summed E-state index contributed by atoms with van der Waals surface area (Å²) in [6.45, 7) is 0.0512. The van der Waals surface area contributed by atoms with Gasteiger partial charge >= 0.3 is 0 Å². The monoisotopic (exact) mass is 178 g/mol. The summed E-state index contributed by atoms with van der Waals surface area (Å²) in [4.78, 5) is 7.90. The molecule has 1 heterocycles. The smallest absolute Gasteiger partial charge is 0.248 e. The summed E-state index contributed by atoms with van der Waals surface area (Å²) in [5.74, 6) is 5.91. The molecule has 1 aromatic heterocycles. The topological polar surface area (TPSA) is 55.2 Å². The Morgan fingerprint density at radius 3 is 2.92 bits per heavy atom. The number of hydrogen-bond acceptors (Lipinski definition) is 4. The van der Waals surface area contributed by atoms with Gasteiger partial charge in [-0.05, 0) is 5.92 Å². The van der Waals surface area contributed by atoms with Crippen LogP contribution in [0, 0.1) is 11.8 Å². The minimum absolute atomic E-state index is 0.0512. The van der Waals surface area contributed by atoms with Crippen LogP contribution >= 0.6 is 0 Å². The Balaban J connectivity index is 2.82. The molecule has 0 atom stereocenters. The van der Waals surface area contributed by atoms with Crippen molar-refractivity contribution in [3.63, 3.8) is 0 Å². The molecule has 0 aliphatic carbocycles. The van der Waals surface area contributed by atoms with E-state index in [-0.39, 0.29) is 6.61 Å². The van der Waals surface area contributed by atoms with Crippen LogP contribution in [-0.2, 0) is 0 Å². The van der Waals surface area contributed by atoms with E-state index < -0.39 is 0 Å². The zero-order valence-electron chi connectivity index (χ0n) is 7.32. The molecule has 1 N–H and O–H groups in total. The van der Waals surface area contributed by atoms with Gasteiger partial charge in [0, 0.05) is 18.8 Å². The van der Waals surface area contributed by atoms with Crippen LogP contribution in [-0.4, -0.2) is 28.8 Å². The third-order valence-electron chi connectivity index (χ3n) is 1.30. The summed E-state index contributed by atoms with van der Waals surface area (Å²) in [6.07, 6.45) is 3.52. The zero-order valence-corrected chi connectivity index (χ0v) is 7.32. The van der Waals surface area contributed by atoms with Gasteiger partial charge in [0.25, 0.3) is 0 Å². The predicted molar refractivity (Wildman–Crippen MR) is 47.2 cm³/mol. The summed E-state index contributed by atoms with van der Waals surface area (Å²) in [7, 11) is 1.52. The van der Waals surface area contributed by atoms with Gasteiger partial charge < -0.3 is 9.84 Å². The highest BCUT2D eigenvalue weighted by molar-refractivity contribution is 5.35. The average Bonchev–Trinajstić information content (AvgIpc) is 2.19. The van der Waals surface area contributed by atoms with E-state index >= 15 is 0 Å². The molecule has 0 radical (unpaired) electrons. The quantitative estimate of drug-likeness (QED) is 0.658. The first-order chi connectivity index (χ1) is 6.38. The summed E-state index contributed by atoms with van der Waals surface area (Å²) in [5.41, 5.74) is 0.499. The molecule has 0 amide bonds.